The van der Waals surface area contributed by atoms with Crippen LogP contribution in [0.4, 0.5) is 0 Å². The second-order valence-corrected chi connectivity index (χ2v) is 7.38. The van der Waals surface area contributed by atoms with Crippen LogP contribution in [0.1, 0.15) is 45.6 Å². The molecule has 0 spiro atoms. The molecule has 0 N–H and O–H groups in total. The van der Waals surface area contributed by atoms with E-state index in [2.05, 4.69) is 27.8 Å². The quantitative estimate of drug-likeness (QED) is 0.542. The maximum absolute atomic E-state index is 10.2. The first-order valence-corrected chi connectivity index (χ1v) is 9.65. The molecule has 0 atom stereocenters. The number of benzene rings is 1. The van der Waals surface area contributed by atoms with Crippen LogP contribution in [0.3, 0.4) is 0 Å². The highest BCUT2D eigenvalue weighted by atomic mass is 32.2. The zero-order valence-electron chi connectivity index (χ0n) is 14.4. The lowest BCUT2D eigenvalue weighted by Gasteiger charge is -2.33. The van der Waals surface area contributed by atoms with Crippen LogP contribution in [0.25, 0.3) is 0 Å². The van der Waals surface area contributed by atoms with E-state index >= 15 is 0 Å². The third-order valence-corrected chi connectivity index (χ3v) is 4.16. The molecular weight excluding hydrogens is 298 g/mol. The van der Waals surface area contributed by atoms with Gasteiger partial charge in [0, 0.05) is 0 Å². The molecule has 1 aromatic carbocycles. The summed E-state index contributed by atoms with van der Waals surface area (Å²) in [5.41, 5.74) is 0.530. The van der Waals surface area contributed by atoms with Crippen molar-refractivity contribution in [2.24, 2.45) is 0 Å². The molecule has 1 aromatic rings. The molecule has 0 aromatic heterocycles. The molecule has 0 fully saturated rings. The van der Waals surface area contributed by atoms with Crippen LogP contribution >= 0.6 is 0 Å². The predicted octanol–water partition coefficient (Wildman–Crippen LogP) is 3.39. The van der Waals surface area contributed by atoms with E-state index in [0.717, 1.165) is 0 Å². The lowest BCUT2D eigenvalue weighted by Crippen LogP contribution is -2.45. The van der Waals surface area contributed by atoms with Gasteiger partial charge in [-0.1, -0.05) is 51.1 Å². The summed E-state index contributed by atoms with van der Waals surface area (Å²) in [4.78, 5) is 0. The van der Waals surface area contributed by atoms with E-state index in [1.54, 1.807) is 30.3 Å². The van der Waals surface area contributed by atoms with Crippen LogP contribution in [0.15, 0.2) is 30.3 Å². The van der Waals surface area contributed by atoms with Gasteiger partial charge in [0.1, 0.15) is 0 Å². The van der Waals surface area contributed by atoms with Crippen molar-refractivity contribution in [2.45, 2.75) is 45.8 Å². The summed E-state index contributed by atoms with van der Waals surface area (Å²) >= 11 is 0. The third kappa shape index (κ3) is 10.8. The normalized spacial score (nSPS) is 11.7. The largest absolute Gasteiger partial charge is 0.748 e. The van der Waals surface area contributed by atoms with Crippen molar-refractivity contribution in [3.63, 3.8) is 0 Å². The van der Waals surface area contributed by atoms with E-state index in [9.17, 15) is 13.0 Å². The Hall–Kier alpha value is -0.910. The van der Waals surface area contributed by atoms with Gasteiger partial charge in [-0.15, -0.1) is 0 Å². The Balaban J connectivity index is 0.000000401. The molecular formula is C17H31NO3S. The van der Waals surface area contributed by atoms with Crippen LogP contribution in [-0.2, 0) is 15.9 Å². The lowest BCUT2D eigenvalue weighted by atomic mass is 10.2. The van der Waals surface area contributed by atoms with Gasteiger partial charge in [-0.05, 0) is 24.8 Å². The molecule has 0 bridgehead atoms. The second-order valence-electron chi connectivity index (χ2n) is 5.98. The number of nitrogens with zero attached hydrogens (tertiary/aromatic N) is 1. The van der Waals surface area contributed by atoms with Gasteiger partial charge in [-0.3, -0.25) is 0 Å². The summed E-state index contributed by atoms with van der Waals surface area (Å²) in [6.45, 7) is 10.9. The molecule has 4 nitrogen and oxygen atoms in total. The molecule has 0 unspecified atom stereocenters. The Kier molecular flexibility index (Phi) is 10.3. The van der Waals surface area contributed by atoms with Crippen molar-refractivity contribution in [1.82, 2.24) is 0 Å². The molecule has 0 aliphatic carbocycles. The van der Waals surface area contributed by atoms with Crippen molar-refractivity contribution in [2.75, 3.05) is 26.7 Å². The highest BCUT2D eigenvalue weighted by Gasteiger charge is 2.16. The highest BCUT2D eigenvalue weighted by Crippen LogP contribution is 2.06. The van der Waals surface area contributed by atoms with E-state index in [0.29, 0.717) is 5.56 Å². The van der Waals surface area contributed by atoms with E-state index in [1.807, 2.05) is 0 Å². The number of quaternary nitrogens is 1. The maximum Gasteiger partial charge on any atom is 0.0988 e. The van der Waals surface area contributed by atoms with Crippen LogP contribution < -0.4 is 0 Å². The second kappa shape index (κ2) is 10.8. The maximum atomic E-state index is 10.2. The minimum atomic E-state index is -4.13. The SMILES string of the molecule is CCC[N+](C)(CCC)CCC.O=S(=O)([O-])Cc1ccccc1. The minimum Gasteiger partial charge on any atom is -0.748 e. The smallest absolute Gasteiger partial charge is 0.0988 e. The first kappa shape index (κ1) is 21.1. The fraction of sp³-hybridized carbons (Fsp3) is 0.647. The van der Waals surface area contributed by atoms with Crippen LogP contribution in [0.5, 0.6) is 0 Å². The molecule has 0 saturated heterocycles. The van der Waals surface area contributed by atoms with E-state index in [1.165, 1.54) is 43.4 Å². The van der Waals surface area contributed by atoms with Crippen molar-refractivity contribution in [3.05, 3.63) is 35.9 Å². The standard InChI is InChI=1S/C10H24N.C7H8O3S/c1-5-8-11(4,9-6-2)10-7-3;8-11(9,10)6-7-4-2-1-3-5-7/h5-10H2,1-4H3;1-5H,6H2,(H,8,9,10)/q+1;/p-1. The Labute approximate surface area is 136 Å². The molecule has 5 heteroatoms. The molecule has 0 aliphatic heterocycles. The Morgan fingerprint density at radius 2 is 1.32 bits per heavy atom. The Bertz CT molecular complexity index is 469. The Morgan fingerprint density at radius 1 is 0.909 bits per heavy atom. The molecule has 22 heavy (non-hydrogen) atoms. The predicted molar refractivity (Wildman–Crippen MR) is 91.5 cm³/mol. The molecule has 128 valence electrons. The average molecular weight is 330 g/mol. The molecule has 1 rings (SSSR count). The van der Waals surface area contributed by atoms with E-state index < -0.39 is 15.9 Å². The van der Waals surface area contributed by atoms with Gasteiger partial charge in [0.05, 0.1) is 42.6 Å². The minimum absolute atomic E-state index is 0.423. The zero-order valence-corrected chi connectivity index (χ0v) is 15.2. The average Bonchev–Trinajstić information content (AvgIpc) is 2.39. The van der Waals surface area contributed by atoms with Gasteiger partial charge in [0.2, 0.25) is 0 Å². The highest BCUT2D eigenvalue weighted by molar-refractivity contribution is 7.84. The first-order valence-electron chi connectivity index (χ1n) is 8.07. The number of hydrogen-bond donors (Lipinski definition) is 0. The summed E-state index contributed by atoms with van der Waals surface area (Å²) in [7, 11) is -1.74. The summed E-state index contributed by atoms with van der Waals surface area (Å²) < 4.78 is 32.0. The molecule has 0 amide bonds. The summed E-state index contributed by atoms with van der Waals surface area (Å²) in [6, 6.07) is 8.37. The monoisotopic (exact) mass is 329 g/mol. The topological polar surface area (TPSA) is 57.2 Å². The van der Waals surface area contributed by atoms with Crippen molar-refractivity contribution >= 4 is 10.1 Å². The zero-order chi connectivity index (χ0) is 17.1. The first-order chi connectivity index (χ1) is 10.3. The van der Waals surface area contributed by atoms with Crippen LogP contribution in [0.2, 0.25) is 0 Å². The van der Waals surface area contributed by atoms with Crippen molar-refractivity contribution in [1.29, 1.82) is 0 Å². The molecule has 0 saturated carbocycles. The fourth-order valence-electron chi connectivity index (χ4n) is 2.73. The van der Waals surface area contributed by atoms with Gasteiger partial charge < -0.3 is 9.04 Å². The molecule has 0 heterocycles. The van der Waals surface area contributed by atoms with Crippen LogP contribution in [-0.4, -0.2) is 44.1 Å². The lowest BCUT2D eigenvalue weighted by molar-refractivity contribution is -0.909. The van der Waals surface area contributed by atoms with E-state index in [-0.39, 0.29) is 0 Å². The van der Waals surface area contributed by atoms with Crippen LogP contribution in [0, 0.1) is 0 Å². The Morgan fingerprint density at radius 3 is 1.64 bits per heavy atom. The third-order valence-electron chi connectivity index (χ3n) is 3.48. The van der Waals surface area contributed by atoms with Gasteiger partial charge >= 0.3 is 0 Å². The molecule has 0 aliphatic rings. The van der Waals surface area contributed by atoms with E-state index in [4.69, 9.17) is 0 Å². The summed E-state index contributed by atoms with van der Waals surface area (Å²) in [6.07, 6.45) is 3.95. The van der Waals surface area contributed by atoms with Gasteiger partial charge in [-0.2, -0.15) is 0 Å². The van der Waals surface area contributed by atoms with Crippen molar-refractivity contribution in [3.8, 4) is 0 Å². The molecule has 0 radical (unpaired) electrons. The van der Waals surface area contributed by atoms with Gasteiger partial charge in [0.15, 0.2) is 0 Å². The summed E-state index contributed by atoms with van der Waals surface area (Å²) in [5, 5.41) is 0. The van der Waals surface area contributed by atoms with Crippen molar-refractivity contribution < 1.29 is 17.5 Å². The number of hydrogen-bond acceptors (Lipinski definition) is 3. The van der Waals surface area contributed by atoms with Gasteiger partial charge in [-0.25, -0.2) is 8.42 Å². The number of rotatable bonds is 8. The fourth-order valence-corrected chi connectivity index (χ4v) is 3.33. The van der Waals surface area contributed by atoms with Gasteiger partial charge in [0.25, 0.3) is 0 Å². The summed E-state index contributed by atoms with van der Waals surface area (Å²) in [5.74, 6) is -0.423.